The van der Waals surface area contributed by atoms with Crippen molar-refractivity contribution in [3.63, 3.8) is 0 Å². The quantitative estimate of drug-likeness (QED) is 0.580. The summed E-state index contributed by atoms with van der Waals surface area (Å²) < 4.78 is 20.8. The SMILES string of the molecule is CCCCCCCc1ccc(N2CC(C)O[C@H](C)C2)c(CC)c1F. The van der Waals surface area contributed by atoms with E-state index in [2.05, 4.69) is 38.7 Å². The number of ether oxygens (including phenoxy) is 1. The fourth-order valence-corrected chi connectivity index (χ4v) is 3.78. The summed E-state index contributed by atoms with van der Waals surface area (Å²) in [7, 11) is 0. The fourth-order valence-electron chi connectivity index (χ4n) is 3.78. The van der Waals surface area contributed by atoms with E-state index >= 15 is 4.39 Å². The minimum atomic E-state index is 0.0253. The molecule has 1 unspecified atom stereocenters. The highest BCUT2D eigenvalue weighted by molar-refractivity contribution is 5.56. The Morgan fingerprint density at radius 3 is 2.33 bits per heavy atom. The molecule has 1 aromatic rings. The van der Waals surface area contributed by atoms with Crippen molar-refractivity contribution in [3.8, 4) is 0 Å². The van der Waals surface area contributed by atoms with Crippen molar-refractivity contribution in [3.05, 3.63) is 29.1 Å². The summed E-state index contributed by atoms with van der Waals surface area (Å²) in [5.41, 5.74) is 2.83. The van der Waals surface area contributed by atoms with Gasteiger partial charge in [-0.15, -0.1) is 0 Å². The maximum atomic E-state index is 15.0. The Bertz CT molecular complexity index is 507. The molecule has 0 aliphatic carbocycles. The Morgan fingerprint density at radius 1 is 1.04 bits per heavy atom. The van der Waals surface area contributed by atoms with E-state index < -0.39 is 0 Å². The van der Waals surface area contributed by atoms with Gasteiger partial charge in [-0.3, -0.25) is 0 Å². The van der Waals surface area contributed by atoms with Crippen LogP contribution in [0.1, 0.15) is 70.9 Å². The van der Waals surface area contributed by atoms with Gasteiger partial charge in [-0.2, -0.15) is 0 Å². The lowest BCUT2D eigenvalue weighted by molar-refractivity contribution is -0.00528. The Balaban J connectivity index is 2.09. The molecule has 0 aromatic heterocycles. The van der Waals surface area contributed by atoms with E-state index in [0.29, 0.717) is 0 Å². The van der Waals surface area contributed by atoms with E-state index in [1.54, 1.807) is 0 Å². The number of hydrogen-bond acceptors (Lipinski definition) is 2. The number of morpholine rings is 1. The van der Waals surface area contributed by atoms with E-state index in [1.165, 1.54) is 25.7 Å². The third kappa shape index (κ3) is 4.95. The number of hydrogen-bond donors (Lipinski definition) is 0. The van der Waals surface area contributed by atoms with Crippen LogP contribution in [0.15, 0.2) is 12.1 Å². The van der Waals surface area contributed by atoms with Gasteiger partial charge in [0.05, 0.1) is 12.2 Å². The van der Waals surface area contributed by atoms with Gasteiger partial charge in [0, 0.05) is 24.3 Å². The van der Waals surface area contributed by atoms with Gasteiger partial charge in [0.2, 0.25) is 0 Å². The number of nitrogens with zero attached hydrogens (tertiary/aromatic N) is 1. The van der Waals surface area contributed by atoms with Gasteiger partial charge < -0.3 is 9.64 Å². The predicted octanol–water partition coefficient (Wildman–Crippen LogP) is 5.51. The highest BCUT2D eigenvalue weighted by atomic mass is 19.1. The van der Waals surface area contributed by atoms with Crippen LogP contribution >= 0.6 is 0 Å². The molecule has 24 heavy (non-hydrogen) atoms. The molecule has 2 rings (SSSR count). The number of aryl methyl sites for hydroxylation is 1. The lowest BCUT2D eigenvalue weighted by atomic mass is 9.99. The number of benzene rings is 1. The van der Waals surface area contributed by atoms with Crippen LogP contribution in [0.2, 0.25) is 0 Å². The first-order valence-corrected chi connectivity index (χ1v) is 9.77. The molecule has 3 heteroatoms. The summed E-state index contributed by atoms with van der Waals surface area (Å²) in [6.07, 6.45) is 8.08. The zero-order valence-corrected chi connectivity index (χ0v) is 15.9. The van der Waals surface area contributed by atoms with Crippen LogP contribution in [-0.4, -0.2) is 25.3 Å². The van der Waals surface area contributed by atoms with E-state index in [9.17, 15) is 0 Å². The fraction of sp³-hybridized carbons (Fsp3) is 0.714. The molecule has 0 N–H and O–H groups in total. The molecule has 1 aliphatic heterocycles. The molecule has 0 amide bonds. The van der Waals surface area contributed by atoms with Gasteiger partial charge >= 0.3 is 0 Å². The molecular weight excluding hydrogens is 301 g/mol. The summed E-state index contributed by atoms with van der Waals surface area (Å²) in [5.74, 6) is 0.0253. The van der Waals surface area contributed by atoms with Crippen molar-refractivity contribution >= 4 is 5.69 Å². The number of unbranched alkanes of at least 4 members (excludes halogenated alkanes) is 4. The van der Waals surface area contributed by atoms with Gasteiger partial charge in [0.15, 0.2) is 0 Å². The van der Waals surface area contributed by atoms with Crippen LogP contribution in [0, 0.1) is 5.82 Å². The summed E-state index contributed by atoms with van der Waals surface area (Å²) >= 11 is 0. The Labute approximate surface area is 147 Å². The van der Waals surface area contributed by atoms with Gasteiger partial charge in [-0.25, -0.2) is 4.39 Å². The lowest BCUT2D eigenvalue weighted by Crippen LogP contribution is -2.46. The van der Waals surface area contributed by atoms with Crippen LogP contribution < -0.4 is 4.90 Å². The minimum absolute atomic E-state index is 0.0253. The first-order valence-electron chi connectivity index (χ1n) is 9.77. The highest BCUT2D eigenvalue weighted by Gasteiger charge is 2.25. The zero-order valence-electron chi connectivity index (χ0n) is 15.9. The summed E-state index contributed by atoms with van der Waals surface area (Å²) in [6.45, 7) is 10.1. The average molecular weight is 336 g/mol. The lowest BCUT2D eigenvalue weighted by Gasteiger charge is -2.38. The number of anilines is 1. The van der Waals surface area contributed by atoms with Crippen LogP contribution in [0.4, 0.5) is 10.1 Å². The molecule has 2 nitrogen and oxygen atoms in total. The van der Waals surface area contributed by atoms with Gasteiger partial charge in [-0.1, -0.05) is 45.6 Å². The first-order chi connectivity index (χ1) is 11.6. The molecule has 2 atom stereocenters. The van der Waals surface area contributed by atoms with Crippen molar-refractivity contribution in [1.29, 1.82) is 0 Å². The normalized spacial score (nSPS) is 21.3. The second kappa shape index (κ2) is 9.41. The monoisotopic (exact) mass is 335 g/mol. The Hall–Kier alpha value is -1.09. The summed E-state index contributed by atoms with van der Waals surface area (Å²) in [4.78, 5) is 2.30. The van der Waals surface area contributed by atoms with Crippen LogP contribution in [-0.2, 0) is 17.6 Å². The number of rotatable bonds is 8. The van der Waals surface area contributed by atoms with E-state index in [-0.39, 0.29) is 18.0 Å². The third-order valence-electron chi connectivity index (χ3n) is 4.96. The molecular formula is C21H34FNO. The van der Waals surface area contributed by atoms with Crippen molar-refractivity contribution in [1.82, 2.24) is 0 Å². The molecule has 1 fully saturated rings. The predicted molar refractivity (Wildman–Crippen MR) is 100 cm³/mol. The van der Waals surface area contributed by atoms with Crippen molar-refractivity contribution in [2.45, 2.75) is 84.8 Å². The molecule has 0 saturated carbocycles. The van der Waals surface area contributed by atoms with Gasteiger partial charge in [0.1, 0.15) is 5.82 Å². The molecule has 1 aromatic carbocycles. The average Bonchev–Trinajstić information content (AvgIpc) is 2.54. The van der Waals surface area contributed by atoms with Crippen LogP contribution in [0.25, 0.3) is 0 Å². The summed E-state index contributed by atoms with van der Waals surface area (Å²) in [5, 5.41) is 0. The molecule has 0 spiro atoms. The number of halogens is 1. The molecule has 1 heterocycles. The molecule has 1 saturated heterocycles. The molecule has 0 bridgehead atoms. The molecule has 136 valence electrons. The topological polar surface area (TPSA) is 12.5 Å². The maximum absolute atomic E-state index is 15.0. The van der Waals surface area contributed by atoms with Crippen molar-refractivity contribution in [2.75, 3.05) is 18.0 Å². The first kappa shape index (κ1) is 19.2. The third-order valence-corrected chi connectivity index (χ3v) is 4.96. The van der Waals surface area contributed by atoms with Gasteiger partial charge in [-0.05, 0) is 44.7 Å². The molecule has 0 radical (unpaired) electrons. The Kier molecular flexibility index (Phi) is 7.54. The maximum Gasteiger partial charge on any atom is 0.131 e. The highest BCUT2D eigenvalue weighted by Crippen LogP contribution is 2.29. The van der Waals surface area contributed by atoms with Crippen molar-refractivity contribution in [2.24, 2.45) is 0 Å². The second-order valence-electron chi connectivity index (χ2n) is 7.22. The summed E-state index contributed by atoms with van der Waals surface area (Å²) in [6, 6.07) is 4.14. The van der Waals surface area contributed by atoms with Crippen LogP contribution in [0.3, 0.4) is 0 Å². The molecule has 1 aliphatic rings. The Morgan fingerprint density at radius 2 is 1.71 bits per heavy atom. The van der Waals surface area contributed by atoms with E-state index in [1.807, 2.05) is 6.07 Å². The minimum Gasteiger partial charge on any atom is -0.372 e. The van der Waals surface area contributed by atoms with Gasteiger partial charge in [0.25, 0.3) is 0 Å². The standard InChI is InChI=1S/C21H34FNO/c1-5-7-8-9-10-11-18-12-13-20(19(6-2)21(18)22)23-14-16(3)24-17(4)15-23/h12-13,16-17H,5-11,14-15H2,1-4H3/t16-,17?/m1/s1. The largest absolute Gasteiger partial charge is 0.372 e. The van der Waals surface area contributed by atoms with E-state index in [4.69, 9.17) is 4.74 Å². The second-order valence-corrected chi connectivity index (χ2v) is 7.22. The smallest absolute Gasteiger partial charge is 0.131 e. The van der Waals surface area contributed by atoms with E-state index in [0.717, 1.165) is 49.2 Å². The van der Waals surface area contributed by atoms with Crippen LogP contribution in [0.5, 0.6) is 0 Å². The van der Waals surface area contributed by atoms with Crippen molar-refractivity contribution < 1.29 is 9.13 Å². The zero-order chi connectivity index (χ0) is 17.5.